The lowest BCUT2D eigenvalue weighted by Gasteiger charge is -2.10. The lowest BCUT2D eigenvalue weighted by molar-refractivity contribution is -0.116. The van der Waals surface area contributed by atoms with Crippen molar-refractivity contribution in [2.24, 2.45) is 56.4 Å². The summed E-state index contributed by atoms with van der Waals surface area (Å²) in [6.07, 6.45) is 14.0. The van der Waals surface area contributed by atoms with Crippen LogP contribution >= 0.6 is 22.9 Å². The molecule has 8 heterocycles. The predicted octanol–water partition coefficient (Wildman–Crippen LogP) is 5.50. The molecule has 86 heavy (non-hydrogen) atoms. The SMILES string of the molecule is CN(C)CCCNC(=O)c1cc(NC(=O)c2cc(NC(=O)c3cc(NC(=O)c4cc(NC(=O)CCCNC(=O)c5cc(NC(=O)c6cc(NC(=O)c7cc(NC(=O)c8cc(NI)cn8C)cn7C)cn6C)cn5C)cn4C)cn3C)cn2C)cn1C. The molecule has 0 bridgehead atoms. The fourth-order valence-electron chi connectivity index (χ4n) is 9.48. The summed E-state index contributed by atoms with van der Waals surface area (Å²) < 4.78 is 15.6. The highest BCUT2D eigenvalue weighted by Gasteiger charge is 2.23. The van der Waals surface area contributed by atoms with Gasteiger partial charge in [0.2, 0.25) is 5.91 Å². The van der Waals surface area contributed by atoms with Gasteiger partial charge in [-0.3, -0.25) is 43.2 Å². The van der Waals surface area contributed by atoms with Crippen LogP contribution in [0, 0.1) is 0 Å². The first-order chi connectivity index (χ1) is 40.8. The summed E-state index contributed by atoms with van der Waals surface area (Å²) >= 11 is 1.98. The molecule has 9 amide bonds. The highest BCUT2D eigenvalue weighted by Crippen LogP contribution is 2.24. The number of nitrogens with one attached hydrogen (secondary N) is 10. The highest BCUT2D eigenvalue weighted by molar-refractivity contribution is 14.1. The van der Waals surface area contributed by atoms with Gasteiger partial charge in [0.05, 0.1) is 68.4 Å². The predicted molar refractivity (Wildman–Crippen MR) is 334 cm³/mol. The standard InChI is InChI=1S/C57H68IN19O9/c1-69(2)16-12-15-60-51(80)42-19-35(27-71(42)4)63-54(83)45-22-37(29-74(45)7)65-55(84)46-20-36(28-75(46)8)64-52(81)43-17-33(25-72(43)5)61-49(78)13-11-14-59-50(79)41-18-34(26-70(41)3)62-53(82)44-21-38(30-73(44)6)66-56(85)47-23-39(31-76(47)9)67-57(86)48-24-40(68-58)32-77(48)10/h17-32,68H,11-16H2,1-10H3,(H,59,79)(H,60,80)(H,61,78)(H,62,82)(H,63,83)(H,64,81)(H,65,84)(H,66,85)(H,67,86). The molecule has 0 radical (unpaired) electrons. The van der Waals surface area contributed by atoms with E-state index in [0.29, 0.717) is 57.7 Å². The van der Waals surface area contributed by atoms with Crippen LogP contribution in [0.5, 0.6) is 0 Å². The number of halogens is 1. The summed E-state index contributed by atoms with van der Waals surface area (Å²) in [5.74, 6) is -3.83. The number of hydrogen-bond acceptors (Lipinski definition) is 11. The van der Waals surface area contributed by atoms with Crippen molar-refractivity contribution in [2.75, 3.05) is 74.5 Å². The number of carbonyl (C=O) groups is 9. The monoisotopic (exact) mass is 1290 g/mol. The zero-order valence-electron chi connectivity index (χ0n) is 49.1. The highest BCUT2D eigenvalue weighted by atomic mass is 127. The minimum atomic E-state index is -0.506. The average Bonchev–Trinajstić information content (AvgIpc) is 4.56. The van der Waals surface area contributed by atoms with Crippen LogP contribution in [0.3, 0.4) is 0 Å². The molecule has 0 aliphatic carbocycles. The summed E-state index contributed by atoms with van der Waals surface area (Å²) in [6, 6.07) is 12.4. The van der Waals surface area contributed by atoms with Gasteiger partial charge in [0, 0.05) is 125 Å². The number of aryl methyl sites for hydroxylation is 8. The first-order valence-corrected chi connectivity index (χ1v) is 28.0. The summed E-state index contributed by atoms with van der Waals surface area (Å²) in [6.45, 7) is 1.49. The van der Waals surface area contributed by atoms with Gasteiger partial charge in [-0.15, -0.1) is 0 Å². The van der Waals surface area contributed by atoms with Crippen molar-refractivity contribution in [2.45, 2.75) is 19.3 Å². The molecule has 0 spiro atoms. The van der Waals surface area contributed by atoms with Gasteiger partial charge in [-0.2, -0.15) is 0 Å². The van der Waals surface area contributed by atoms with Crippen LogP contribution in [0.2, 0.25) is 0 Å². The molecule has 8 aromatic rings. The van der Waals surface area contributed by atoms with Crippen molar-refractivity contribution in [3.05, 3.63) is 144 Å². The third-order valence-corrected chi connectivity index (χ3v) is 14.4. The maximum absolute atomic E-state index is 13.5. The molecule has 8 aromatic heterocycles. The van der Waals surface area contributed by atoms with Crippen LogP contribution in [0.1, 0.15) is 103 Å². The second-order valence-electron chi connectivity index (χ2n) is 20.9. The molecule has 8 rings (SSSR count). The van der Waals surface area contributed by atoms with Crippen molar-refractivity contribution in [3.8, 4) is 0 Å². The van der Waals surface area contributed by atoms with Crippen LogP contribution < -0.4 is 51.4 Å². The quantitative estimate of drug-likeness (QED) is 0.0205. The van der Waals surface area contributed by atoms with Gasteiger partial charge in [-0.25, -0.2) is 0 Å². The van der Waals surface area contributed by atoms with E-state index >= 15 is 0 Å². The number of hydrogen-bond donors (Lipinski definition) is 10. The molecular weight excluding hydrogens is 1220 g/mol. The average molecular weight is 1290 g/mol. The van der Waals surface area contributed by atoms with Crippen molar-refractivity contribution in [1.82, 2.24) is 52.1 Å². The third-order valence-electron chi connectivity index (χ3n) is 13.8. The van der Waals surface area contributed by atoms with E-state index in [0.717, 1.165) is 18.7 Å². The van der Waals surface area contributed by atoms with E-state index in [9.17, 15) is 43.2 Å². The molecule has 0 atom stereocenters. The molecule has 0 fully saturated rings. The summed E-state index contributed by atoms with van der Waals surface area (Å²) in [4.78, 5) is 121. The van der Waals surface area contributed by atoms with Gasteiger partial charge in [0.25, 0.3) is 47.3 Å². The molecule has 0 aliphatic heterocycles. The number of rotatable bonds is 24. The van der Waals surface area contributed by atoms with Gasteiger partial charge in [-0.05, 0) is 82.0 Å². The number of nitrogens with zero attached hydrogens (tertiary/aromatic N) is 9. The lowest BCUT2D eigenvalue weighted by Crippen LogP contribution is -2.28. The summed E-state index contributed by atoms with van der Waals surface area (Å²) in [7, 11) is 17.3. The smallest absolute Gasteiger partial charge is 0.272 e. The number of amides is 9. The second kappa shape index (κ2) is 26.7. The zero-order valence-corrected chi connectivity index (χ0v) is 51.2. The Morgan fingerprint density at radius 2 is 0.558 bits per heavy atom. The van der Waals surface area contributed by atoms with Gasteiger partial charge in [0.15, 0.2) is 0 Å². The third kappa shape index (κ3) is 15.0. The topological polar surface area (TPSA) is 317 Å². The number of anilines is 8. The Kier molecular flexibility index (Phi) is 19.2. The Labute approximate surface area is 508 Å². The van der Waals surface area contributed by atoms with Crippen LogP contribution in [-0.4, -0.2) is 128 Å². The first-order valence-electron chi connectivity index (χ1n) is 26.9. The van der Waals surface area contributed by atoms with Gasteiger partial charge < -0.3 is 92.8 Å². The summed E-state index contributed by atoms with van der Waals surface area (Å²) in [5.41, 5.74) is 5.55. The van der Waals surface area contributed by atoms with E-state index in [1.54, 1.807) is 156 Å². The van der Waals surface area contributed by atoms with Crippen LogP contribution in [-0.2, 0) is 61.2 Å². The Hall–Kier alpha value is -10.0. The van der Waals surface area contributed by atoms with E-state index < -0.39 is 35.4 Å². The first kappa shape index (κ1) is 62.0. The van der Waals surface area contributed by atoms with Gasteiger partial charge >= 0.3 is 0 Å². The molecule has 0 unspecified atom stereocenters. The largest absolute Gasteiger partial charge is 0.351 e. The van der Waals surface area contributed by atoms with E-state index in [2.05, 4.69) is 51.4 Å². The number of carbonyl (C=O) groups excluding carboxylic acids is 9. The molecule has 0 saturated carbocycles. The van der Waals surface area contributed by atoms with Crippen molar-refractivity contribution >= 4 is 122 Å². The minimum Gasteiger partial charge on any atom is -0.351 e. The Morgan fingerprint density at radius 3 is 0.802 bits per heavy atom. The maximum Gasteiger partial charge on any atom is 0.272 e. The van der Waals surface area contributed by atoms with Crippen LogP contribution in [0.25, 0.3) is 0 Å². The second-order valence-corrected chi connectivity index (χ2v) is 21.5. The van der Waals surface area contributed by atoms with Crippen molar-refractivity contribution in [3.63, 3.8) is 0 Å². The number of aromatic nitrogens is 8. The molecule has 0 saturated heterocycles. The van der Waals surface area contributed by atoms with Crippen molar-refractivity contribution in [1.29, 1.82) is 0 Å². The summed E-state index contributed by atoms with van der Waals surface area (Å²) in [5, 5.41) is 25.3. The van der Waals surface area contributed by atoms with E-state index in [1.165, 1.54) is 34.9 Å². The molecule has 28 nitrogen and oxygen atoms in total. The Bertz CT molecular complexity index is 3930. The van der Waals surface area contributed by atoms with E-state index in [4.69, 9.17) is 0 Å². The lowest BCUT2D eigenvalue weighted by atomic mass is 10.2. The normalized spacial score (nSPS) is 11.1. The zero-order chi connectivity index (χ0) is 62.3. The molecule has 29 heteroatoms. The fourth-order valence-corrected chi connectivity index (χ4v) is 9.77. The van der Waals surface area contributed by atoms with Gasteiger partial charge in [0.1, 0.15) is 45.6 Å². The fraction of sp³-hybridized carbons (Fsp3) is 0.281. The molecule has 0 aromatic carbocycles. The minimum absolute atomic E-state index is 0.0430. The molecular formula is C57H68IN19O9. The van der Waals surface area contributed by atoms with Crippen molar-refractivity contribution < 1.29 is 43.2 Å². The Morgan fingerprint density at radius 1 is 0.337 bits per heavy atom. The molecule has 0 aliphatic rings. The van der Waals surface area contributed by atoms with E-state index in [-0.39, 0.29) is 71.3 Å². The van der Waals surface area contributed by atoms with Crippen LogP contribution in [0.15, 0.2) is 98.1 Å². The van der Waals surface area contributed by atoms with E-state index in [1.807, 2.05) is 41.9 Å². The van der Waals surface area contributed by atoms with Crippen LogP contribution in [0.4, 0.5) is 45.5 Å². The molecule has 452 valence electrons. The van der Waals surface area contributed by atoms with Gasteiger partial charge in [-0.1, -0.05) is 0 Å². The molecule has 10 N–H and O–H groups in total. The Balaban J connectivity index is 0.758. The maximum atomic E-state index is 13.5.